The summed E-state index contributed by atoms with van der Waals surface area (Å²) in [6, 6.07) is 0. The first-order valence-corrected chi connectivity index (χ1v) is 11.4. The van der Waals surface area contributed by atoms with Gasteiger partial charge >= 0.3 is 0 Å². The molecule has 0 aliphatic carbocycles. The van der Waals surface area contributed by atoms with Crippen LogP contribution in [0.4, 0.5) is 0 Å². The Labute approximate surface area is 175 Å². The normalized spacial score (nSPS) is 11.4. The van der Waals surface area contributed by atoms with Crippen molar-refractivity contribution >= 4 is 24.0 Å². The van der Waals surface area contributed by atoms with E-state index in [9.17, 15) is 4.79 Å². The zero-order valence-electron chi connectivity index (χ0n) is 18.3. The van der Waals surface area contributed by atoms with E-state index in [1.165, 1.54) is 77.0 Å². The van der Waals surface area contributed by atoms with Crippen LogP contribution < -0.4 is 5.73 Å². The van der Waals surface area contributed by atoms with Gasteiger partial charge in [0.15, 0.2) is 0 Å². The largest absolute Gasteiger partial charge is 0.388 e. The summed E-state index contributed by atoms with van der Waals surface area (Å²) in [4.78, 5) is 16.0. The fourth-order valence-electron chi connectivity index (χ4n) is 3.33. The van der Waals surface area contributed by atoms with Crippen molar-refractivity contribution < 1.29 is 4.79 Å². The predicted molar refractivity (Wildman–Crippen MR) is 123 cm³/mol. The monoisotopic (exact) mass is 402 g/mol. The number of aliphatic imine (C=N–C) groups is 1. The molecule has 3 nitrogen and oxygen atoms in total. The zero-order valence-corrected chi connectivity index (χ0v) is 19.1. The molecule has 0 aromatic rings. The lowest BCUT2D eigenvalue weighted by atomic mass is 10.0. The minimum absolute atomic E-state index is 0. The van der Waals surface area contributed by atoms with Crippen LogP contribution in [0.15, 0.2) is 4.99 Å². The maximum atomic E-state index is 11.8. The van der Waals surface area contributed by atoms with E-state index in [4.69, 9.17) is 5.73 Å². The molecule has 27 heavy (non-hydrogen) atoms. The van der Waals surface area contributed by atoms with Gasteiger partial charge in [0.25, 0.3) is 0 Å². The van der Waals surface area contributed by atoms with E-state index < -0.39 is 0 Å². The molecule has 0 bridgehead atoms. The van der Waals surface area contributed by atoms with E-state index in [1.807, 2.05) is 6.92 Å². The van der Waals surface area contributed by atoms with Gasteiger partial charge in [-0.3, -0.25) is 9.79 Å². The number of halogens is 1. The Morgan fingerprint density at radius 2 is 1.04 bits per heavy atom. The number of Topliss-reactive ketones (excluding diaryl/α,β-unsaturated/α-hetero) is 1. The van der Waals surface area contributed by atoms with Gasteiger partial charge in [0.2, 0.25) is 0 Å². The van der Waals surface area contributed by atoms with Gasteiger partial charge in [-0.15, -0.1) is 12.4 Å². The Morgan fingerprint density at radius 1 is 0.667 bits per heavy atom. The minimum Gasteiger partial charge on any atom is -0.388 e. The number of unbranched alkanes of at least 4 members (excludes halogenated alkanes) is 14. The number of nitrogens with two attached hydrogens (primary N) is 1. The molecule has 0 aliphatic heterocycles. The topological polar surface area (TPSA) is 55.5 Å². The molecule has 0 unspecified atom stereocenters. The second kappa shape index (κ2) is 23.5. The van der Waals surface area contributed by atoms with Crippen molar-refractivity contribution in [1.82, 2.24) is 0 Å². The van der Waals surface area contributed by atoms with Crippen LogP contribution >= 0.6 is 12.4 Å². The van der Waals surface area contributed by atoms with Gasteiger partial charge in [0, 0.05) is 19.4 Å². The van der Waals surface area contributed by atoms with Crippen LogP contribution in [0.2, 0.25) is 0 Å². The van der Waals surface area contributed by atoms with Gasteiger partial charge in [0.1, 0.15) is 5.78 Å². The number of nitrogens with zero attached hydrogens (tertiary/aromatic N) is 1. The van der Waals surface area contributed by atoms with E-state index >= 15 is 0 Å². The van der Waals surface area contributed by atoms with Crippen molar-refractivity contribution in [3.8, 4) is 0 Å². The van der Waals surface area contributed by atoms with Crippen molar-refractivity contribution in [2.75, 3.05) is 6.54 Å². The van der Waals surface area contributed by atoms with Crippen LogP contribution in [0.25, 0.3) is 0 Å². The van der Waals surface area contributed by atoms with Gasteiger partial charge in [-0.25, -0.2) is 0 Å². The van der Waals surface area contributed by atoms with Crippen LogP contribution in [0, 0.1) is 0 Å². The lowest BCUT2D eigenvalue weighted by Gasteiger charge is -2.03. The molecular formula is C23H47ClN2O. The Bertz CT molecular complexity index is 341. The van der Waals surface area contributed by atoms with E-state index in [0.29, 0.717) is 11.6 Å². The average Bonchev–Trinajstić information content (AvgIpc) is 2.61. The van der Waals surface area contributed by atoms with Gasteiger partial charge in [-0.05, 0) is 26.2 Å². The molecule has 0 radical (unpaired) electrons. The SMILES string of the molecule is CCCCCCCCCCCCCCCC(=O)CCCCCN=C(C)N.Cl. The summed E-state index contributed by atoms with van der Waals surface area (Å²) in [5.41, 5.74) is 5.49. The molecule has 0 saturated carbocycles. The van der Waals surface area contributed by atoms with Crippen LogP contribution in [0.3, 0.4) is 0 Å². The van der Waals surface area contributed by atoms with Crippen LogP contribution in [-0.4, -0.2) is 18.2 Å². The second-order valence-corrected chi connectivity index (χ2v) is 7.87. The lowest BCUT2D eigenvalue weighted by Crippen LogP contribution is -2.06. The summed E-state index contributed by atoms with van der Waals surface area (Å²) in [6.45, 7) is 4.90. The van der Waals surface area contributed by atoms with Crippen molar-refractivity contribution in [3.63, 3.8) is 0 Å². The Kier molecular flexibility index (Phi) is 24.9. The zero-order chi connectivity index (χ0) is 19.3. The Balaban J connectivity index is 0. The molecule has 0 spiro atoms. The number of hydrogen-bond acceptors (Lipinski definition) is 2. The van der Waals surface area contributed by atoms with E-state index in [1.54, 1.807) is 0 Å². The molecular weight excluding hydrogens is 356 g/mol. The van der Waals surface area contributed by atoms with Crippen LogP contribution in [-0.2, 0) is 4.79 Å². The maximum Gasteiger partial charge on any atom is 0.132 e. The highest BCUT2D eigenvalue weighted by Crippen LogP contribution is 2.13. The third kappa shape index (κ3) is 25.4. The molecule has 162 valence electrons. The van der Waals surface area contributed by atoms with Gasteiger partial charge in [-0.2, -0.15) is 0 Å². The number of carbonyl (C=O) groups is 1. The number of hydrogen-bond donors (Lipinski definition) is 1. The van der Waals surface area contributed by atoms with Crippen LogP contribution in [0.1, 0.15) is 129 Å². The third-order valence-corrected chi connectivity index (χ3v) is 5.03. The Hall–Kier alpha value is -0.570. The van der Waals surface area contributed by atoms with Crippen molar-refractivity contribution in [3.05, 3.63) is 0 Å². The van der Waals surface area contributed by atoms with Gasteiger partial charge in [-0.1, -0.05) is 90.4 Å². The molecule has 0 aromatic carbocycles. The summed E-state index contributed by atoms with van der Waals surface area (Å²) < 4.78 is 0. The summed E-state index contributed by atoms with van der Waals surface area (Å²) in [6.07, 6.45) is 22.3. The second-order valence-electron chi connectivity index (χ2n) is 7.87. The van der Waals surface area contributed by atoms with E-state index in [2.05, 4.69) is 11.9 Å². The first kappa shape index (κ1) is 28.6. The van der Waals surface area contributed by atoms with Crippen molar-refractivity contribution in [2.45, 2.75) is 129 Å². The summed E-state index contributed by atoms with van der Waals surface area (Å²) >= 11 is 0. The minimum atomic E-state index is 0. The number of rotatable bonds is 20. The molecule has 0 aliphatic rings. The number of ketones is 1. The number of carbonyl (C=O) groups excluding carboxylic acids is 1. The van der Waals surface area contributed by atoms with Crippen molar-refractivity contribution in [2.24, 2.45) is 10.7 Å². The molecule has 2 N–H and O–H groups in total. The summed E-state index contributed by atoms with van der Waals surface area (Å²) in [5.74, 6) is 1.11. The van der Waals surface area contributed by atoms with E-state index in [0.717, 1.165) is 45.1 Å². The quantitative estimate of drug-likeness (QED) is 0.131. The summed E-state index contributed by atoms with van der Waals surface area (Å²) in [5, 5.41) is 0. The molecule has 0 amide bonds. The molecule has 0 aromatic heterocycles. The standard InChI is InChI=1S/C23H46N2O.ClH/c1-3-4-5-6-7-8-9-10-11-12-13-14-16-19-23(26)20-17-15-18-21-25-22(2)24;/h3-21H2,1-2H3,(H2,24,25);1H. The first-order chi connectivity index (χ1) is 12.7. The highest BCUT2D eigenvalue weighted by atomic mass is 35.5. The smallest absolute Gasteiger partial charge is 0.132 e. The average molecular weight is 403 g/mol. The highest BCUT2D eigenvalue weighted by Gasteiger charge is 2.02. The lowest BCUT2D eigenvalue weighted by molar-refractivity contribution is -0.119. The molecule has 0 atom stereocenters. The molecule has 4 heteroatoms. The molecule has 0 saturated heterocycles. The maximum absolute atomic E-state index is 11.8. The molecule has 0 fully saturated rings. The fraction of sp³-hybridized carbons (Fsp3) is 0.913. The van der Waals surface area contributed by atoms with Gasteiger partial charge in [0.05, 0.1) is 5.84 Å². The Morgan fingerprint density at radius 3 is 1.44 bits per heavy atom. The fourth-order valence-corrected chi connectivity index (χ4v) is 3.33. The van der Waals surface area contributed by atoms with Crippen molar-refractivity contribution in [1.29, 1.82) is 0 Å². The van der Waals surface area contributed by atoms with E-state index in [-0.39, 0.29) is 12.4 Å². The summed E-state index contributed by atoms with van der Waals surface area (Å²) in [7, 11) is 0. The van der Waals surface area contributed by atoms with Crippen LogP contribution in [0.5, 0.6) is 0 Å². The molecule has 0 heterocycles. The predicted octanol–water partition coefficient (Wildman–Crippen LogP) is 7.40. The molecule has 0 rings (SSSR count). The van der Waals surface area contributed by atoms with Gasteiger partial charge < -0.3 is 5.73 Å². The third-order valence-electron chi connectivity index (χ3n) is 5.03. The first-order valence-electron chi connectivity index (χ1n) is 11.4. The highest BCUT2D eigenvalue weighted by molar-refractivity contribution is 5.85. The number of amidine groups is 1.